The smallest absolute Gasteiger partial charge is 0.221 e. The Morgan fingerprint density at radius 1 is 0.971 bits per heavy atom. The van der Waals surface area contributed by atoms with Crippen molar-refractivity contribution in [3.8, 4) is 16.9 Å². The number of phenols is 1. The molecule has 0 aromatic heterocycles. The molecular formula is C27H29NO5P2. The minimum absolute atomic E-state index is 0.00426. The van der Waals surface area contributed by atoms with Crippen molar-refractivity contribution in [1.29, 1.82) is 0 Å². The van der Waals surface area contributed by atoms with E-state index in [-0.39, 0.29) is 24.7 Å². The van der Waals surface area contributed by atoms with Crippen molar-refractivity contribution in [2.24, 2.45) is 0 Å². The second-order valence-electron chi connectivity index (χ2n) is 7.50. The summed E-state index contributed by atoms with van der Waals surface area (Å²) in [6, 6.07) is 21.1. The lowest BCUT2D eigenvalue weighted by molar-refractivity contribution is 0.340. The summed E-state index contributed by atoms with van der Waals surface area (Å²) in [5.41, 5.74) is 2.40. The van der Waals surface area contributed by atoms with Gasteiger partial charge in [-0.15, -0.1) is 0 Å². The van der Waals surface area contributed by atoms with Crippen LogP contribution in [0, 0.1) is 0 Å². The van der Waals surface area contributed by atoms with Crippen molar-refractivity contribution < 1.29 is 23.9 Å². The predicted molar refractivity (Wildman–Crippen MR) is 146 cm³/mol. The van der Waals surface area contributed by atoms with Gasteiger partial charge < -0.3 is 19.3 Å². The first-order chi connectivity index (χ1) is 17.0. The van der Waals surface area contributed by atoms with Crippen LogP contribution in [0.4, 0.5) is 0 Å². The van der Waals surface area contributed by atoms with Gasteiger partial charge in [0.15, 0.2) is 7.95 Å². The van der Waals surface area contributed by atoms with Crippen LogP contribution in [0.3, 0.4) is 0 Å². The average molecular weight is 509 g/mol. The lowest BCUT2D eigenvalue weighted by atomic mass is 10.0. The monoisotopic (exact) mass is 509 g/mol. The van der Waals surface area contributed by atoms with Crippen molar-refractivity contribution in [3.63, 3.8) is 0 Å². The number of aliphatic hydroxyl groups excluding tert-OH is 1. The molecule has 0 aliphatic rings. The van der Waals surface area contributed by atoms with Crippen molar-refractivity contribution >= 4 is 32.2 Å². The zero-order chi connectivity index (χ0) is 25.2. The lowest BCUT2D eigenvalue weighted by Crippen LogP contribution is -2.18. The lowest BCUT2D eigenvalue weighted by Gasteiger charge is -2.13. The third-order valence-corrected chi connectivity index (χ3v) is 8.06. The van der Waals surface area contributed by atoms with E-state index in [4.69, 9.17) is 4.52 Å². The predicted octanol–water partition coefficient (Wildman–Crippen LogP) is 5.60. The summed E-state index contributed by atoms with van der Waals surface area (Å²) in [4.78, 5) is 0. The molecule has 2 atom stereocenters. The Kier molecular flexibility index (Phi) is 9.89. The standard InChI is InChI=1S/C27H29NO5P2/c1-3-11-20(24(29)4-2)22-13-6-9-16-26(22)34(31)28-18-19-33-35(32)27-17-10-7-14-23(27)21-12-5-8-15-25(21)30/h3-17,29-30,34-35H,2,18-19H2,1H3,(H,28,31)/b11-3-,24-20-. The highest BCUT2D eigenvalue weighted by molar-refractivity contribution is 7.51. The Labute approximate surface area is 207 Å². The van der Waals surface area contributed by atoms with Crippen LogP contribution in [0.25, 0.3) is 16.7 Å². The molecule has 3 aromatic carbocycles. The summed E-state index contributed by atoms with van der Waals surface area (Å²) < 4.78 is 31.6. The minimum Gasteiger partial charge on any atom is -0.507 e. The Morgan fingerprint density at radius 2 is 1.60 bits per heavy atom. The first kappa shape index (κ1) is 26.5. The quantitative estimate of drug-likeness (QED) is 0.135. The number of aromatic hydroxyl groups is 1. The molecule has 6 nitrogen and oxygen atoms in total. The van der Waals surface area contributed by atoms with E-state index in [1.165, 1.54) is 6.08 Å². The molecule has 0 saturated heterocycles. The number of para-hydroxylation sites is 1. The van der Waals surface area contributed by atoms with E-state index in [0.717, 1.165) is 0 Å². The van der Waals surface area contributed by atoms with Gasteiger partial charge in [0.25, 0.3) is 0 Å². The topological polar surface area (TPSA) is 95.9 Å². The van der Waals surface area contributed by atoms with Gasteiger partial charge in [0.2, 0.25) is 8.03 Å². The molecule has 0 saturated carbocycles. The first-order valence-electron chi connectivity index (χ1n) is 11.1. The summed E-state index contributed by atoms with van der Waals surface area (Å²) in [6.07, 6.45) is 4.87. The summed E-state index contributed by atoms with van der Waals surface area (Å²) in [5, 5.41) is 24.5. The van der Waals surface area contributed by atoms with E-state index in [2.05, 4.69) is 11.7 Å². The highest BCUT2D eigenvalue weighted by atomic mass is 31.1. The number of phenolic OH excluding ortho intramolecular Hbond substituents is 1. The summed E-state index contributed by atoms with van der Waals surface area (Å²) in [7, 11) is -5.05. The molecule has 0 fully saturated rings. The van der Waals surface area contributed by atoms with Crippen LogP contribution in [0.1, 0.15) is 12.5 Å². The van der Waals surface area contributed by atoms with Crippen LogP contribution in [0.5, 0.6) is 5.75 Å². The largest absolute Gasteiger partial charge is 0.507 e. The molecule has 0 spiro atoms. The maximum atomic E-state index is 13.0. The second kappa shape index (κ2) is 13.1. The van der Waals surface area contributed by atoms with Gasteiger partial charge in [-0.05, 0) is 42.3 Å². The highest BCUT2D eigenvalue weighted by Crippen LogP contribution is 2.33. The molecule has 0 aliphatic heterocycles. The van der Waals surface area contributed by atoms with E-state index in [1.54, 1.807) is 72.8 Å². The molecule has 35 heavy (non-hydrogen) atoms. The molecule has 0 heterocycles. The summed E-state index contributed by atoms with van der Waals surface area (Å²) >= 11 is 0. The van der Waals surface area contributed by atoms with Crippen molar-refractivity contribution in [2.75, 3.05) is 13.2 Å². The van der Waals surface area contributed by atoms with Gasteiger partial charge in [0.1, 0.15) is 11.5 Å². The number of benzene rings is 3. The van der Waals surface area contributed by atoms with Crippen LogP contribution < -0.4 is 15.7 Å². The number of nitrogens with one attached hydrogen (secondary N) is 1. The molecule has 0 bridgehead atoms. The van der Waals surface area contributed by atoms with Gasteiger partial charge in [-0.1, -0.05) is 73.3 Å². The van der Waals surface area contributed by atoms with E-state index in [9.17, 15) is 19.3 Å². The van der Waals surface area contributed by atoms with Crippen LogP contribution in [0.2, 0.25) is 0 Å². The van der Waals surface area contributed by atoms with Crippen LogP contribution in [-0.2, 0) is 13.7 Å². The SMILES string of the molecule is C=C/C(O)=C(\C=C/C)c1ccccc1[PH](=O)NCCO[PH](=O)c1ccccc1-c1ccccc1O. The number of aliphatic hydroxyl groups is 1. The normalized spacial score (nSPS) is 13.9. The molecular weight excluding hydrogens is 480 g/mol. The summed E-state index contributed by atoms with van der Waals surface area (Å²) in [5.74, 6) is 0.0953. The molecule has 182 valence electrons. The number of allylic oxidation sites excluding steroid dienone is 4. The van der Waals surface area contributed by atoms with Crippen LogP contribution in [-0.4, -0.2) is 23.4 Å². The molecule has 3 aromatic rings. The average Bonchev–Trinajstić information content (AvgIpc) is 2.89. The van der Waals surface area contributed by atoms with Crippen LogP contribution >= 0.6 is 16.0 Å². The Hall–Kier alpha value is -3.14. The summed E-state index contributed by atoms with van der Waals surface area (Å²) in [6.45, 7) is 5.75. The molecule has 2 unspecified atom stereocenters. The number of hydrogen-bond donors (Lipinski definition) is 3. The van der Waals surface area contributed by atoms with Gasteiger partial charge in [-0.2, -0.15) is 0 Å². The highest BCUT2D eigenvalue weighted by Gasteiger charge is 2.15. The third kappa shape index (κ3) is 6.72. The molecule has 0 amide bonds. The van der Waals surface area contributed by atoms with Crippen LogP contribution in [0.15, 0.2) is 103 Å². The van der Waals surface area contributed by atoms with E-state index in [0.29, 0.717) is 32.9 Å². The van der Waals surface area contributed by atoms with Gasteiger partial charge in [-0.25, -0.2) is 0 Å². The van der Waals surface area contributed by atoms with Crippen molar-refractivity contribution in [3.05, 3.63) is 109 Å². The number of hydrogen-bond acceptors (Lipinski definition) is 5. The fraction of sp³-hybridized carbons (Fsp3) is 0.111. The van der Waals surface area contributed by atoms with Gasteiger partial charge in [-0.3, -0.25) is 9.65 Å². The zero-order valence-electron chi connectivity index (χ0n) is 19.4. The van der Waals surface area contributed by atoms with E-state index >= 15 is 0 Å². The Morgan fingerprint density at radius 3 is 2.29 bits per heavy atom. The Bertz CT molecular complexity index is 1300. The molecule has 3 rings (SSSR count). The first-order valence-corrected chi connectivity index (χ1v) is 13.8. The number of rotatable bonds is 11. The zero-order valence-corrected chi connectivity index (χ0v) is 21.4. The fourth-order valence-corrected chi connectivity index (χ4v) is 5.93. The van der Waals surface area contributed by atoms with Crippen molar-refractivity contribution in [1.82, 2.24) is 5.09 Å². The second-order valence-corrected chi connectivity index (χ2v) is 10.5. The van der Waals surface area contributed by atoms with Gasteiger partial charge >= 0.3 is 0 Å². The maximum absolute atomic E-state index is 13.0. The minimum atomic E-state index is -2.62. The Balaban J connectivity index is 1.68. The molecule has 3 N–H and O–H groups in total. The molecule has 8 heteroatoms. The third-order valence-electron chi connectivity index (χ3n) is 5.23. The van der Waals surface area contributed by atoms with Gasteiger partial charge in [0.05, 0.1) is 6.61 Å². The fourth-order valence-electron chi connectivity index (χ4n) is 3.58. The maximum Gasteiger partial charge on any atom is 0.221 e. The van der Waals surface area contributed by atoms with Gasteiger partial charge in [0, 0.05) is 28.3 Å². The molecule has 0 aliphatic carbocycles. The van der Waals surface area contributed by atoms with Crippen molar-refractivity contribution in [2.45, 2.75) is 6.92 Å². The van der Waals surface area contributed by atoms with E-state index < -0.39 is 16.0 Å². The molecule has 0 radical (unpaired) electrons. The van der Waals surface area contributed by atoms with E-state index in [1.807, 2.05) is 19.1 Å².